The summed E-state index contributed by atoms with van der Waals surface area (Å²) in [5.41, 5.74) is 0.727. The molecule has 2 N–H and O–H groups in total. The predicted octanol–water partition coefficient (Wildman–Crippen LogP) is 1.19. The lowest BCUT2D eigenvalue weighted by molar-refractivity contribution is -0.101. The van der Waals surface area contributed by atoms with Crippen LogP contribution in [0.25, 0.3) is 0 Å². The van der Waals surface area contributed by atoms with E-state index in [1.165, 1.54) is 0 Å². The van der Waals surface area contributed by atoms with Gasteiger partial charge in [-0.25, -0.2) is 9.97 Å². The molecule has 2 heterocycles. The Morgan fingerprint density at radius 2 is 2.25 bits per heavy atom. The van der Waals surface area contributed by atoms with Crippen LogP contribution in [0.2, 0.25) is 0 Å². The van der Waals surface area contributed by atoms with Crippen molar-refractivity contribution in [3.8, 4) is 0 Å². The molecule has 6 nitrogen and oxygen atoms in total. The zero-order valence-corrected chi connectivity index (χ0v) is 12.7. The third-order valence-electron chi connectivity index (χ3n) is 3.39. The molecule has 1 aromatic heterocycles. The van der Waals surface area contributed by atoms with Crippen molar-refractivity contribution >= 4 is 11.6 Å². The highest BCUT2D eigenvalue weighted by Crippen LogP contribution is 2.28. The van der Waals surface area contributed by atoms with Crippen molar-refractivity contribution in [1.29, 1.82) is 0 Å². The molecule has 1 aliphatic rings. The molecule has 0 aromatic carbocycles. The Labute approximate surface area is 120 Å². The van der Waals surface area contributed by atoms with E-state index in [1.807, 2.05) is 27.7 Å². The summed E-state index contributed by atoms with van der Waals surface area (Å²) in [7, 11) is 0. The zero-order chi connectivity index (χ0) is 14.8. The lowest BCUT2D eigenvalue weighted by atomic mass is 10.0. The van der Waals surface area contributed by atoms with Gasteiger partial charge in [-0.15, -0.1) is 0 Å². The maximum absolute atomic E-state index is 9.40. The predicted molar refractivity (Wildman–Crippen MR) is 79.2 cm³/mol. The van der Waals surface area contributed by atoms with Gasteiger partial charge in [0, 0.05) is 25.2 Å². The zero-order valence-electron chi connectivity index (χ0n) is 12.7. The fourth-order valence-electron chi connectivity index (χ4n) is 2.66. The van der Waals surface area contributed by atoms with E-state index in [0.717, 1.165) is 30.3 Å². The van der Waals surface area contributed by atoms with E-state index in [2.05, 4.69) is 20.2 Å². The van der Waals surface area contributed by atoms with Crippen LogP contribution < -0.4 is 10.2 Å². The molecule has 20 heavy (non-hydrogen) atoms. The topological polar surface area (TPSA) is 70.5 Å². The third-order valence-corrected chi connectivity index (χ3v) is 3.39. The second-order valence-electron chi connectivity index (χ2n) is 5.76. The first-order valence-electron chi connectivity index (χ1n) is 7.06. The van der Waals surface area contributed by atoms with Crippen molar-refractivity contribution in [3.63, 3.8) is 0 Å². The fourth-order valence-corrected chi connectivity index (χ4v) is 2.66. The Hall–Kier alpha value is -1.40. The molecule has 0 saturated carbocycles. The van der Waals surface area contributed by atoms with Gasteiger partial charge in [0.15, 0.2) is 0 Å². The van der Waals surface area contributed by atoms with E-state index >= 15 is 0 Å². The number of nitrogens with one attached hydrogen (secondary N) is 1. The number of hydrogen-bond donors (Lipinski definition) is 2. The lowest BCUT2D eigenvalue weighted by Crippen LogP contribution is -2.54. The number of ether oxygens (including phenoxy) is 1. The highest BCUT2D eigenvalue weighted by Gasteiger charge is 2.34. The Kier molecular flexibility index (Phi) is 4.45. The monoisotopic (exact) mass is 280 g/mol. The molecule has 0 aliphatic carbocycles. The van der Waals surface area contributed by atoms with Crippen LogP contribution in [0.15, 0.2) is 6.33 Å². The minimum atomic E-state index is -0.304. The molecule has 0 bridgehead atoms. The smallest absolute Gasteiger partial charge is 0.137 e. The highest BCUT2D eigenvalue weighted by molar-refractivity contribution is 5.58. The van der Waals surface area contributed by atoms with Gasteiger partial charge in [-0.2, -0.15) is 0 Å². The van der Waals surface area contributed by atoms with Gasteiger partial charge in [-0.1, -0.05) is 0 Å². The Bertz CT molecular complexity index is 464. The van der Waals surface area contributed by atoms with E-state index in [4.69, 9.17) is 4.74 Å². The average molecular weight is 280 g/mol. The second-order valence-corrected chi connectivity index (χ2v) is 5.76. The second kappa shape index (κ2) is 5.93. The van der Waals surface area contributed by atoms with Crippen molar-refractivity contribution in [1.82, 2.24) is 9.97 Å². The van der Waals surface area contributed by atoms with Gasteiger partial charge < -0.3 is 20.1 Å². The van der Waals surface area contributed by atoms with Crippen LogP contribution in [0.4, 0.5) is 11.6 Å². The number of hydrogen-bond acceptors (Lipinski definition) is 6. The molecule has 6 heteroatoms. The molecule has 112 valence electrons. The van der Waals surface area contributed by atoms with Crippen LogP contribution in [0.5, 0.6) is 0 Å². The Morgan fingerprint density at radius 3 is 2.90 bits per heavy atom. The van der Waals surface area contributed by atoms with Crippen LogP contribution in [0.1, 0.15) is 26.3 Å². The first kappa shape index (κ1) is 15.0. The lowest BCUT2D eigenvalue weighted by Gasteiger charge is -2.43. The molecule has 0 amide bonds. The number of nitrogens with zero attached hydrogens (tertiary/aromatic N) is 3. The summed E-state index contributed by atoms with van der Waals surface area (Å²) in [4.78, 5) is 10.9. The Balaban J connectivity index is 2.28. The van der Waals surface area contributed by atoms with Crippen LogP contribution in [-0.2, 0) is 4.74 Å². The van der Waals surface area contributed by atoms with Gasteiger partial charge in [0.05, 0.1) is 18.3 Å². The van der Waals surface area contributed by atoms with Gasteiger partial charge in [0.25, 0.3) is 0 Å². The number of anilines is 2. The van der Waals surface area contributed by atoms with Crippen molar-refractivity contribution in [2.45, 2.75) is 39.4 Å². The number of aromatic nitrogens is 2. The summed E-state index contributed by atoms with van der Waals surface area (Å²) in [6.07, 6.45) is 1.40. The largest absolute Gasteiger partial charge is 0.394 e. The molecule has 0 radical (unpaired) electrons. The SMILES string of the molecule is CCNc1ncnc(N2CC(CO)OC(C)(C)C2)c1C. The molecule has 1 aliphatic heterocycles. The summed E-state index contributed by atoms with van der Waals surface area (Å²) in [5, 5.41) is 12.6. The van der Waals surface area contributed by atoms with Crippen LogP contribution in [-0.4, -0.2) is 53.0 Å². The fraction of sp³-hybridized carbons (Fsp3) is 0.714. The molecular weight excluding hydrogens is 256 g/mol. The number of aliphatic hydroxyl groups excluding tert-OH is 1. The molecule has 1 atom stereocenters. The first-order chi connectivity index (χ1) is 9.46. The van der Waals surface area contributed by atoms with E-state index in [0.29, 0.717) is 6.54 Å². The molecule has 1 aromatic rings. The standard InChI is InChI=1S/C14H24N4O2/c1-5-15-12-10(2)13(17-9-16-12)18-6-11(7-19)20-14(3,4)8-18/h9,11,19H,5-8H2,1-4H3,(H,15,16,17). The van der Waals surface area contributed by atoms with Crippen molar-refractivity contribution in [2.75, 3.05) is 36.5 Å². The summed E-state index contributed by atoms with van der Waals surface area (Å²) < 4.78 is 5.84. The highest BCUT2D eigenvalue weighted by atomic mass is 16.5. The summed E-state index contributed by atoms with van der Waals surface area (Å²) in [5.74, 6) is 1.77. The van der Waals surface area contributed by atoms with Gasteiger partial charge in [-0.05, 0) is 27.7 Å². The van der Waals surface area contributed by atoms with Gasteiger partial charge in [-0.3, -0.25) is 0 Å². The molecular formula is C14H24N4O2. The normalized spacial score (nSPS) is 21.9. The summed E-state index contributed by atoms with van der Waals surface area (Å²) >= 11 is 0. The van der Waals surface area contributed by atoms with Crippen LogP contribution in [0.3, 0.4) is 0 Å². The minimum Gasteiger partial charge on any atom is -0.394 e. The van der Waals surface area contributed by atoms with Crippen LogP contribution >= 0.6 is 0 Å². The molecule has 1 unspecified atom stereocenters. The van der Waals surface area contributed by atoms with Gasteiger partial charge >= 0.3 is 0 Å². The van der Waals surface area contributed by atoms with E-state index in [1.54, 1.807) is 6.33 Å². The molecule has 2 rings (SSSR count). The van der Waals surface area contributed by atoms with E-state index < -0.39 is 0 Å². The third kappa shape index (κ3) is 3.19. The number of morpholine rings is 1. The Morgan fingerprint density at radius 1 is 1.50 bits per heavy atom. The minimum absolute atomic E-state index is 0.0180. The number of rotatable bonds is 4. The number of aliphatic hydroxyl groups is 1. The maximum Gasteiger partial charge on any atom is 0.137 e. The van der Waals surface area contributed by atoms with Gasteiger partial charge in [0.2, 0.25) is 0 Å². The molecule has 1 fully saturated rings. The van der Waals surface area contributed by atoms with Crippen molar-refractivity contribution in [3.05, 3.63) is 11.9 Å². The average Bonchev–Trinajstić information content (AvgIpc) is 2.39. The van der Waals surface area contributed by atoms with Crippen LogP contribution in [0, 0.1) is 6.92 Å². The maximum atomic E-state index is 9.40. The van der Waals surface area contributed by atoms with E-state index in [-0.39, 0.29) is 18.3 Å². The van der Waals surface area contributed by atoms with E-state index in [9.17, 15) is 5.11 Å². The molecule has 1 saturated heterocycles. The van der Waals surface area contributed by atoms with Gasteiger partial charge in [0.1, 0.15) is 18.0 Å². The summed E-state index contributed by atoms with van der Waals surface area (Å²) in [6, 6.07) is 0. The molecule has 0 spiro atoms. The first-order valence-corrected chi connectivity index (χ1v) is 7.06. The quantitative estimate of drug-likeness (QED) is 0.863. The van der Waals surface area contributed by atoms with Crippen molar-refractivity contribution in [2.24, 2.45) is 0 Å². The summed E-state index contributed by atoms with van der Waals surface area (Å²) in [6.45, 7) is 10.4. The van der Waals surface area contributed by atoms with Crippen molar-refractivity contribution < 1.29 is 9.84 Å².